The zero-order valence-electron chi connectivity index (χ0n) is 14.6. The van der Waals surface area contributed by atoms with Crippen LogP contribution in [-0.2, 0) is 16.6 Å². The second-order valence-corrected chi connectivity index (χ2v) is 7.82. The Morgan fingerprint density at radius 3 is 2.60 bits per heavy atom. The zero-order valence-corrected chi connectivity index (χ0v) is 15.5. The molecule has 0 unspecified atom stereocenters. The van der Waals surface area contributed by atoms with Crippen molar-refractivity contribution >= 4 is 10.2 Å². The molecule has 1 N–H and O–H groups in total. The first-order valence-corrected chi connectivity index (χ1v) is 10.2. The van der Waals surface area contributed by atoms with Crippen LogP contribution in [0.4, 0.5) is 0 Å². The van der Waals surface area contributed by atoms with E-state index in [0.717, 1.165) is 36.1 Å². The summed E-state index contributed by atoms with van der Waals surface area (Å²) in [5, 5.41) is 0. The maximum Gasteiger partial charge on any atom is 0.279 e. The minimum absolute atomic E-state index is 0.265. The molecule has 0 radical (unpaired) electrons. The Morgan fingerprint density at radius 2 is 1.92 bits per heavy atom. The highest BCUT2D eigenvalue weighted by atomic mass is 32.2. The van der Waals surface area contributed by atoms with Crippen LogP contribution in [0.5, 0.6) is 0 Å². The first-order valence-electron chi connectivity index (χ1n) is 8.73. The van der Waals surface area contributed by atoms with Gasteiger partial charge in [0, 0.05) is 36.1 Å². The quantitative estimate of drug-likeness (QED) is 0.859. The van der Waals surface area contributed by atoms with Crippen molar-refractivity contribution in [3.63, 3.8) is 0 Å². The molecule has 1 aromatic carbocycles. The fourth-order valence-corrected chi connectivity index (χ4v) is 4.65. The molecule has 0 amide bonds. The van der Waals surface area contributed by atoms with E-state index in [1.165, 1.54) is 4.31 Å². The fraction of sp³-hybridized carbons (Fsp3) is 0.444. The molecule has 1 aliphatic rings. The van der Waals surface area contributed by atoms with Gasteiger partial charge < -0.3 is 0 Å². The number of aryl methyl sites for hydroxylation is 1. The molecule has 2 aromatic rings. The predicted molar refractivity (Wildman–Crippen MR) is 98.1 cm³/mol. The summed E-state index contributed by atoms with van der Waals surface area (Å²) >= 11 is 0. The molecule has 0 saturated heterocycles. The van der Waals surface area contributed by atoms with E-state index in [4.69, 9.17) is 0 Å². The minimum Gasteiger partial charge on any atom is -0.236 e. The van der Waals surface area contributed by atoms with E-state index in [-0.39, 0.29) is 6.04 Å². The summed E-state index contributed by atoms with van der Waals surface area (Å²) in [6, 6.07) is 9.56. The highest BCUT2D eigenvalue weighted by Crippen LogP contribution is 2.30. The third-order valence-corrected chi connectivity index (χ3v) is 6.33. The third kappa shape index (κ3) is 3.89. The summed E-state index contributed by atoms with van der Waals surface area (Å²) in [6.07, 6.45) is 4.30. The molecule has 0 spiro atoms. The first-order chi connectivity index (χ1) is 12.0. The van der Waals surface area contributed by atoms with Crippen LogP contribution in [0.1, 0.15) is 44.0 Å². The smallest absolute Gasteiger partial charge is 0.236 e. The number of nitrogens with zero attached hydrogens (tertiary/aromatic N) is 3. The van der Waals surface area contributed by atoms with Crippen molar-refractivity contribution in [2.24, 2.45) is 0 Å². The number of aromatic nitrogens is 2. The number of rotatable bonds is 6. The third-order valence-electron chi connectivity index (χ3n) is 4.55. The molecule has 1 atom stereocenters. The van der Waals surface area contributed by atoms with Gasteiger partial charge >= 0.3 is 0 Å². The van der Waals surface area contributed by atoms with Crippen LogP contribution >= 0.6 is 0 Å². The summed E-state index contributed by atoms with van der Waals surface area (Å²) in [7, 11) is -3.50. The van der Waals surface area contributed by atoms with E-state index in [1.807, 2.05) is 44.2 Å². The lowest BCUT2D eigenvalue weighted by Gasteiger charge is -2.28. The second-order valence-electron chi connectivity index (χ2n) is 6.11. The highest BCUT2D eigenvalue weighted by molar-refractivity contribution is 7.87. The number of benzene rings is 1. The Balaban J connectivity index is 1.88. The van der Waals surface area contributed by atoms with E-state index in [0.29, 0.717) is 18.9 Å². The summed E-state index contributed by atoms with van der Waals surface area (Å²) in [6.45, 7) is 4.59. The summed E-state index contributed by atoms with van der Waals surface area (Å²) in [5.74, 6) is 0.687. The molecule has 3 rings (SSSR count). The van der Waals surface area contributed by atoms with Gasteiger partial charge in [0.05, 0.1) is 6.04 Å². The van der Waals surface area contributed by atoms with Crippen molar-refractivity contribution in [2.75, 3.05) is 13.1 Å². The average molecular weight is 360 g/mol. The van der Waals surface area contributed by atoms with Crippen LogP contribution in [0.25, 0.3) is 11.4 Å². The monoisotopic (exact) mass is 360 g/mol. The molecule has 25 heavy (non-hydrogen) atoms. The Kier molecular flexibility index (Phi) is 5.46. The molecule has 6 nitrogen and oxygen atoms in total. The van der Waals surface area contributed by atoms with Gasteiger partial charge in [0.25, 0.3) is 10.2 Å². The summed E-state index contributed by atoms with van der Waals surface area (Å²) in [4.78, 5) is 9.16. The normalized spacial score (nSPS) is 17.5. The topological polar surface area (TPSA) is 75.2 Å². The lowest BCUT2D eigenvalue weighted by Crippen LogP contribution is -2.43. The number of hydrogen-bond acceptors (Lipinski definition) is 4. The van der Waals surface area contributed by atoms with Gasteiger partial charge in [-0.2, -0.15) is 17.4 Å². The lowest BCUT2D eigenvalue weighted by molar-refractivity contribution is 0.416. The molecular formula is C18H24N4O2S. The van der Waals surface area contributed by atoms with Crippen LogP contribution in [-0.4, -0.2) is 35.8 Å². The van der Waals surface area contributed by atoms with Crippen LogP contribution in [0.15, 0.2) is 36.5 Å². The zero-order chi connectivity index (χ0) is 17.9. The maximum atomic E-state index is 12.5. The van der Waals surface area contributed by atoms with E-state index in [9.17, 15) is 8.42 Å². The molecule has 0 saturated carbocycles. The van der Waals surface area contributed by atoms with Gasteiger partial charge in [0.1, 0.15) is 0 Å². The molecule has 0 aliphatic heterocycles. The van der Waals surface area contributed by atoms with Crippen LogP contribution in [0.3, 0.4) is 0 Å². The summed E-state index contributed by atoms with van der Waals surface area (Å²) < 4.78 is 29.3. The molecule has 1 aromatic heterocycles. The average Bonchev–Trinajstić information content (AvgIpc) is 2.63. The second kappa shape index (κ2) is 7.59. The standard InChI is InChI=1S/C18H24N4O2S/c1-3-22(4-2)25(23,24)21-17-12-8-11-16-15(17)13-19-18(20-16)14-9-6-5-7-10-14/h5-7,9-10,13,17,21H,3-4,8,11-12H2,1-2H3/t17-/m1/s1. The van der Waals surface area contributed by atoms with Crippen molar-refractivity contribution in [3.8, 4) is 11.4 Å². The largest absolute Gasteiger partial charge is 0.279 e. The molecule has 7 heteroatoms. The maximum absolute atomic E-state index is 12.5. The van der Waals surface area contributed by atoms with Gasteiger partial charge in [-0.05, 0) is 19.3 Å². The van der Waals surface area contributed by atoms with Gasteiger partial charge in [-0.1, -0.05) is 44.2 Å². The van der Waals surface area contributed by atoms with Crippen molar-refractivity contribution in [1.82, 2.24) is 19.0 Å². The minimum atomic E-state index is -3.50. The Labute approximate surface area is 149 Å². The Hall–Kier alpha value is -1.83. The number of fused-ring (bicyclic) bond motifs is 1. The van der Waals surface area contributed by atoms with Crippen LogP contribution < -0.4 is 4.72 Å². The van der Waals surface area contributed by atoms with Crippen molar-refractivity contribution in [1.29, 1.82) is 0 Å². The van der Waals surface area contributed by atoms with E-state index in [2.05, 4.69) is 14.7 Å². The summed E-state index contributed by atoms with van der Waals surface area (Å²) in [5.41, 5.74) is 2.80. The molecule has 1 heterocycles. The van der Waals surface area contributed by atoms with Gasteiger partial charge in [0.15, 0.2) is 5.82 Å². The number of nitrogens with one attached hydrogen (secondary N) is 1. The molecule has 0 fully saturated rings. The van der Waals surface area contributed by atoms with Crippen molar-refractivity contribution in [2.45, 2.75) is 39.2 Å². The van der Waals surface area contributed by atoms with Crippen molar-refractivity contribution < 1.29 is 8.42 Å². The van der Waals surface area contributed by atoms with Gasteiger partial charge in [-0.3, -0.25) is 0 Å². The molecule has 134 valence electrons. The Morgan fingerprint density at radius 1 is 1.20 bits per heavy atom. The predicted octanol–water partition coefficient (Wildman–Crippen LogP) is 2.70. The van der Waals surface area contributed by atoms with Gasteiger partial charge in [0.2, 0.25) is 0 Å². The van der Waals surface area contributed by atoms with Crippen molar-refractivity contribution in [3.05, 3.63) is 47.8 Å². The van der Waals surface area contributed by atoms with Crippen LogP contribution in [0.2, 0.25) is 0 Å². The van der Waals surface area contributed by atoms with Crippen LogP contribution in [0, 0.1) is 0 Å². The molecular weight excluding hydrogens is 336 g/mol. The lowest BCUT2D eigenvalue weighted by atomic mass is 9.93. The van der Waals surface area contributed by atoms with Gasteiger partial charge in [-0.15, -0.1) is 0 Å². The first kappa shape index (κ1) is 18.0. The van der Waals surface area contributed by atoms with Gasteiger partial charge in [-0.25, -0.2) is 9.97 Å². The highest BCUT2D eigenvalue weighted by Gasteiger charge is 2.28. The molecule has 0 bridgehead atoms. The SMILES string of the molecule is CCN(CC)S(=O)(=O)N[C@@H]1CCCc2nc(-c3ccccc3)ncc21. The van der Waals surface area contributed by atoms with E-state index < -0.39 is 10.2 Å². The fourth-order valence-electron chi connectivity index (χ4n) is 3.21. The molecule has 1 aliphatic carbocycles. The van der Waals surface area contributed by atoms with E-state index in [1.54, 1.807) is 6.20 Å². The Bertz CT molecular complexity index is 820. The number of hydrogen-bond donors (Lipinski definition) is 1. The van der Waals surface area contributed by atoms with E-state index >= 15 is 0 Å².